The van der Waals surface area contributed by atoms with E-state index in [1.165, 1.54) is 0 Å². The summed E-state index contributed by atoms with van der Waals surface area (Å²) in [6.07, 6.45) is 0.154. The van der Waals surface area contributed by atoms with Crippen molar-refractivity contribution < 1.29 is 19.4 Å². The average molecular weight is 480 g/mol. The Morgan fingerprint density at radius 1 is 0.750 bits per heavy atom. The molecule has 0 unspecified atom stereocenters. The van der Waals surface area contributed by atoms with Gasteiger partial charge in [-0.2, -0.15) is 0 Å². The second kappa shape index (κ2) is 11.4. The maximum atomic E-state index is 13.6. The Morgan fingerprint density at radius 2 is 1.19 bits per heavy atom. The molecule has 0 aliphatic rings. The van der Waals surface area contributed by atoms with Crippen molar-refractivity contribution in [2.75, 3.05) is 7.11 Å². The van der Waals surface area contributed by atoms with E-state index in [2.05, 4.69) is 5.32 Å². The first-order chi connectivity index (χ1) is 17.5. The number of nitrogens with one attached hydrogen (secondary N) is 1. The van der Waals surface area contributed by atoms with E-state index in [1.807, 2.05) is 109 Å². The van der Waals surface area contributed by atoms with E-state index in [0.717, 1.165) is 16.7 Å². The molecule has 1 amide bonds. The maximum Gasteiger partial charge on any atom is 0.326 e. The Kier molecular flexibility index (Phi) is 7.81. The van der Waals surface area contributed by atoms with Gasteiger partial charge in [-0.25, -0.2) is 4.79 Å². The molecular formula is C31H29NO4. The zero-order valence-electron chi connectivity index (χ0n) is 20.1. The summed E-state index contributed by atoms with van der Waals surface area (Å²) in [6.45, 7) is 0. The fraction of sp³-hybridized carbons (Fsp3) is 0.161. The largest absolute Gasteiger partial charge is 0.496 e. The van der Waals surface area contributed by atoms with Gasteiger partial charge in [0.1, 0.15) is 11.8 Å². The summed E-state index contributed by atoms with van der Waals surface area (Å²) >= 11 is 0. The third kappa shape index (κ3) is 5.31. The number of hydrogen-bond acceptors (Lipinski definition) is 3. The lowest BCUT2D eigenvalue weighted by Gasteiger charge is -2.36. The van der Waals surface area contributed by atoms with Gasteiger partial charge in [-0.3, -0.25) is 4.79 Å². The molecule has 36 heavy (non-hydrogen) atoms. The van der Waals surface area contributed by atoms with E-state index in [0.29, 0.717) is 11.3 Å². The van der Waals surface area contributed by atoms with Crippen molar-refractivity contribution in [2.24, 2.45) is 0 Å². The summed E-state index contributed by atoms with van der Waals surface area (Å²) in [5.74, 6) is -0.863. The summed E-state index contributed by atoms with van der Waals surface area (Å²) in [6, 6.07) is 35.7. The fourth-order valence-corrected chi connectivity index (χ4v) is 4.75. The second-order valence-electron chi connectivity index (χ2n) is 8.65. The normalized spacial score (nSPS) is 11.9. The number of benzene rings is 4. The van der Waals surface area contributed by atoms with Crippen LogP contribution in [0.2, 0.25) is 0 Å². The highest BCUT2D eigenvalue weighted by atomic mass is 16.5. The Morgan fingerprint density at radius 3 is 1.64 bits per heavy atom. The van der Waals surface area contributed by atoms with Crippen molar-refractivity contribution in [3.05, 3.63) is 138 Å². The van der Waals surface area contributed by atoms with E-state index in [1.54, 1.807) is 13.2 Å². The van der Waals surface area contributed by atoms with Crippen LogP contribution in [0, 0.1) is 0 Å². The summed E-state index contributed by atoms with van der Waals surface area (Å²) in [7, 11) is 1.54. The van der Waals surface area contributed by atoms with Crippen LogP contribution in [0.3, 0.4) is 0 Å². The number of carboxylic acid groups (broad SMARTS) is 1. The lowest BCUT2D eigenvalue weighted by Crippen LogP contribution is -2.45. The number of rotatable bonds is 10. The quantitative estimate of drug-likeness (QED) is 0.305. The van der Waals surface area contributed by atoms with Gasteiger partial charge in [0, 0.05) is 12.8 Å². The van der Waals surface area contributed by atoms with Crippen LogP contribution in [-0.4, -0.2) is 30.1 Å². The molecular weight excluding hydrogens is 450 g/mol. The molecule has 0 radical (unpaired) electrons. The minimum atomic E-state index is -1.10. The molecule has 0 spiro atoms. The fourth-order valence-electron chi connectivity index (χ4n) is 4.75. The molecule has 0 aromatic heterocycles. The Hall–Kier alpha value is -4.38. The molecule has 4 aromatic carbocycles. The number of amides is 1. The first-order valence-electron chi connectivity index (χ1n) is 11.8. The first kappa shape index (κ1) is 24.7. The Balaban J connectivity index is 1.73. The summed E-state index contributed by atoms with van der Waals surface area (Å²) in [5.41, 5.74) is 2.77. The van der Waals surface area contributed by atoms with Gasteiger partial charge in [0.15, 0.2) is 0 Å². The topological polar surface area (TPSA) is 75.6 Å². The van der Waals surface area contributed by atoms with E-state index < -0.39 is 17.4 Å². The molecule has 0 bridgehead atoms. The van der Waals surface area contributed by atoms with E-state index in [-0.39, 0.29) is 18.7 Å². The second-order valence-corrected chi connectivity index (χ2v) is 8.65. The van der Waals surface area contributed by atoms with E-state index in [4.69, 9.17) is 4.74 Å². The van der Waals surface area contributed by atoms with Crippen molar-refractivity contribution in [2.45, 2.75) is 24.3 Å². The number of ether oxygens (including phenoxy) is 1. The van der Waals surface area contributed by atoms with Gasteiger partial charge in [-0.05, 0) is 28.3 Å². The number of carboxylic acids is 1. The van der Waals surface area contributed by atoms with Gasteiger partial charge in [0.05, 0.1) is 12.5 Å². The van der Waals surface area contributed by atoms with Gasteiger partial charge in [0.2, 0.25) is 5.91 Å². The molecule has 0 heterocycles. The Bertz CT molecular complexity index is 1190. The minimum absolute atomic E-state index is 0.0424. The van der Waals surface area contributed by atoms with Crippen molar-refractivity contribution in [1.29, 1.82) is 0 Å². The zero-order chi connectivity index (χ0) is 25.4. The third-order valence-corrected chi connectivity index (χ3v) is 6.48. The number of aliphatic carboxylic acids is 1. The van der Waals surface area contributed by atoms with Crippen LogP contribution >= 0.6 is 0 Å². The number of hydrogen-bond donors (Lipinski definition) is 2. The lowest BCUT2D eigenvalue weighted by atomic mass is 9.67. The summed E-state index contributed by atoms with van der Waals surface area (Å²) in [5, 5.41) is 12.7. The SMILES string of the molecule is COc1ccccc1C[C@@H](NC(=O)CC(c1ccccc1)(c1ccccc1)c1ccccc1)C(=O)O. The van der Waals surface area contributed by atoms with E-state index >= 15 is 0 Å². The van der Waals surface area contributed by atoms with Crippen LogP contribution in [0.25, 0.3) is 0 Å². The van der Waals surface area contributed by atoms with Crippen molar-refractivity contribution >= 4 is 11.9 Å². The highest BCUT2D eigenvalue weighted by Gasteiger charge is 2.39. The number of methoxy groups -OCH3 is 1. The summed E-state index contributed by atoms with van der Waals surface area (Å²) in [4.78, 5) is 25.8. The van der Waals surface area contributed by atoms with Crippen molar-refractivity contribution in [3.63, 3.8) is 0 Å². The van der Waals surface area contributed by atoms with E-state index in [9.17, 15) is 14.7 Å². The molecule has 0 saturated heterocycles. The highest BCUT2D eigenvalue weighted by molar-refractivity contribution is 5.85. The molecule has 0 aliphatic carbocycles. The van der Waals surface area contributed by atoms with Crippen LogP contribution in [0.15, 0.2) is 115 Å². The molecule has 4 rings (SSSR count). The monoisotopic (exact) mass is 479 g/mol. The molecule has 5 heteroatoms. The van der Waals surface area contributed by atoms with Gasteiger partial charge < -0.3 is 15.2 Å². The molecule has 0 saturated carbocycles. The molecule has 1 atom stereocenters. The smallest absolute Gasteiger partial charge is 0.326 e. The van der Waals surface area contributed by atoms with Crippen LogP contribution in [0.4, 0.5) is 0 Å². The number of para-hydroxylation sites is 1. The van der Waals surface area contributed by atoms with Gasteiger partial charge in [-0.15, -0.1) is 0 Å². The average Bonchev–Trinajstić information content (AvgIpc) is 2.93. The number of carbonyl (C=O) groups is 2. The van der Waals surface area contributed by atoms with Crippen LogP contribution < -0.4 is 10.1 Å². The molecule has 4 aromatic rings. The predicted molar refractivity (Wildman–Crippen MR) is 140 cm³/mol. The van der Waals surface area contributed by atoms with Gasteiger partial charge in [0.25, 0.3) is 0 Å². The van der Waals surface area contributed by atoms with Crippen molar-refractivity contribution in [1.82, 2.24) is 5.32 Å². The van der Waals surface area contributed by atoms with Crippen molar-refractivity contribution in [3.8, 4) is 5.75 Å². The van der Waals surface area contributed by atoms with Crippen LogP contribution in [-0.2, 0) is 21.4 Å². The maximum absolute atomic E-state index is 13.6. The Labute approximate surface area is 211 Å². The third-order valence-electron chi connectivity index (χ3n) is 6.48. The number of carbonyl (C=O) groups excluding carboxylic acids is 1. The molecule has 0 fully saturated rings. The summed E-state index contributed by atoms with van der Waals surface area (Å²) < 4.78 is 5.38. The minimum Gasteiger partial charge on any atom is -0.496 e. The first-order valence-corrected chi connectivity index (χ1v) is 11.8. The molecule has 182 valence electrons. The van der Waals surface area contributed by atoms with Gasteiger partial charge in [-0.1, -0.05) is 109 Å². The lowest BCUT2D eigenvalue weighted by molar-refractivity contribution is -0.141. The standard InChI is InChI=1S/C31H29NO4/c1-36-28-20-12-11-13-23(28)21-27(30(34)35)32-29(33)22-31(24-14-5-2-6-15-24,25-16-7-3-8-17-25)26-18-9-4-10-19-26/h2-20,27H,21-22H2,1H3,(H,32,33)(H,34,35)/t27-/m1/s1. The zero-order valence-corrected chi connectivity index (χ0v) is 20.1. The molecule has 2 N–H and O–H groups in total. The van der Waals surface area contributed by atoms with Crippen LogP contribution in [0.5, 0.6) is 5.75 Å². The van der Waals surface area contributed by atoms with Crippen LogP contribution in [0.1, 0.15) is 28.7 Å². The predicted octanol–water partition coefficient (Wildman–Crippen LogP) is 5.23. The van der Waals surface area contributed by atoms with Gasteiger partial charge >= 0.3 is 5.97 Å². The molecule has 0 aliphatic heterocycles. The highest BCUT2D eigenvalue weighted by Crippen LogP contribution is 2.42. The molecule has 5 nitrogen and oxygen atoms in total.